The van der Waals surface area contributed by atoms with Crippen molar-refractivity contribution >= 4 is 18.0 Å². The fourth-order valence-corrected chi connectivity index (χ4v) is 2.67. The van der Waals surface area contributed by atoms with Gasteiger partial charge in [0.1, 0.15) is 0 Å². The molecule has 0 spiro atoms. The lowest BCUT2D eigenvalue weighted by Gasteiger charge is -2.06. The molecule has 0 rings (SSSR count). The first kappa shape index (κ1) is 19.8. The van der Waals surface area contributed by atoms with Crippen molar-refractivity contribution in [1.82, 2.24) is 0 Å². The highest BCUT2D eigenvalue weighted by molar-refractivity contribution is 7.94. The van der Waals surface area contributed by atoms with Crippen LogP contribution in [0, 0.1) is 5.92 Å². The summed E-state index contributed by atoms with van der Waals surface area (Å²) in [6, 6.07) is 0. The monoisotopic (exact) mass is 304 g/mol. The molecule has 0 saturated carbocycles. The number of hydrogen-bond donors (Lipinski definition) is 1. The van der Waals surface area contributed by atoms with E-state index in [2.05, 4.69) is 6.92 Å². The van der Waals surface area contributed by atoms with Gasteiger partial charge in [0.05, 0.1) is 12.5 Å². The molecule has 0 aromatic rings. The zero-order valence-electron chi connectivity index (χ0n) is 13.2. The van der Waals surface area contributed by atoms with Crippen LogP contribution in [0.2, 0.25) is 0 Å². The second-order valence-electron chi connectivity index (χ2n) is 5.53. The molecular weight excluding hydrogens is 272 g/mol. The SMILES string of the molecule is CCCCCCCCCCCCSOCC(C)C(=O)O. The Morgan fingerprint density at radius 2 is 1.50 bits per heavy atom. The molecule has 20 heavy (non-hydrogen) atoms. The summed E-state index contributed by atoms with van der Waals surface area (Å²) in [5.41, 5.74) is 0. The molecule has 0 aliphatic carbocycles. The average molecular weight is 304 g/mol. The lowest BCUT2D eigenvalue weighted by molar-refractivity contribution is -0.141. The summed E-state index contributed by atoms with van der Waals surface area (Å²) in [4.78, 5) is 10.6. The first-order valence-electron chi connectivity index (χ1n) is 8.15. The van der Waals surface area contributed by atoms with E-state index < -0.39 is 11.9 Å². The van der Waals surface area contributed by atoms with Crippen LogP contribution in [0.3, 0.4) is 0 Å². The zero-order valence-corrected chi connectivity index (χ0v) is 14.1. The molecule has 0 aromatic carbocycles. The highest BCUT2D eigenvalue weighted by atomic mass is 32.2. The van der Waals surface area contributed by atoms with E-state index in [0.717, 1.165) is 5.75 Å². The molecule has 1 atom stereocenters. The van der Waals surface area contributed by atoms with E-state index in [1.807, 2.05) is 0 Å². The van der Waals surface area contributed by atoms with Crippen LogP contribution in [0.5, 0.6) is 0 Å². The van der Waals surface area contributed by atoms with Gasteiger partial charge in [-0.05, 0) is 25.4 Å². The Morgan fingerprint density at radius 3 is 2.00 bits per heavy atom. The number of unbranched alkanes of at least 4 members (excludes halogenated alkanes) is 9. The van der Waals surface area contributed by atoms with Gasteiger partial charge in [0.15, 0.2) is 0 Å². The molecule has 0 fully saturated rings. The standard InChI is InChI=1S/C16H32O3S/c1-3-4-5-6-7-8-9-10-11-12-13-20-19-14-15(2)16(17)18/h15H,3-14H2,1-2H3,(H,17,18). The summed E-state index contributed by atoms with van der Waals surface area (Å²) in [6.07, 6.45) is 13.4. The highest BCUT2D eigenvalue weighted by Crippen LogP contribution is 2.13. The van der Waals surface area contributed by atoms with Gasteiger partial charge in [-0.1, -0.05) is 64.7 Å². The minimum Gasteiger partial charge on any atom is -0.481 e. The molecule has 0 aliphatic heterocycles. The van der Waals surface area contributed by atoms with Gasteiger partial charge < -0.3 is 9.29 Å². The number of rotatable bonds is 15. The van der Waals surface area contributed by atoms with Crippen molar-refractivity contribution in [3.8, 4) is 0 Å². The van der Waals surface area contributed by atoms with Crippen LogP contribution in [0.4, 0.5) is 0 Å². The van der Waals surface area contributed by atoms with E-state index in [9.17, 15) is 4.79 Å². The summed E-state index contributed by atoms with van der Waals surface area (Å²) < 4.78 is 5.28. The molecule has 0 aliphatic rings. The van der Waals surface area contributed by atoms with Gasteiger partial charge in [-0.15, -0.1) is 0 Å². The number of carboxylic acid groups (broad SMARTS) is 1. The van der Waals surface area contributed by atoms with Crippen molar-refractivity contribution in [2.24, 2.45) is 5.92 Å². The number of carbonyl (C=O) groups is 1. The van der Waals surface area contributed by atoms with Crippen LogP contribution in [-0.4, -0.2) is 23.4 Å². The van der Waals surface area contributed by atoms with Crippen molar-refractivity contribution < 1.29 is 14.1 Å². The third-order valence-electron chi connectivity index (χ3n) is 3.40. The molecule has 0 aromatic heterocycles. The van der Waals surface area contributed by atoms with Crippen molar-refractivity contribution in [2.75, 3.05) is 12.4 Å². The van der Waals surface area contributed by atoms with E-state index in [-0.39, 0.29) is 0 Å². The van der Waals surface area contributed by atoms with Gasteiger partial charge in [-0.2, -0.15) is 0 Å². The van der Waals surface area contributed by atoms with E-state index in [0.29, 0.717) is 6.61 Å². The van der Waals surface area contributed by atoms with E-state index in [1.54, 1.807) is 6.92 Å². The lowest BCUT2D eigenvalue weighted by atomic mass is 10.1. The number of hydrogen-bond acceptors (Lipinski definition) is 3. The van der Waals surface area contributed by atoms with Crippen molar-refractivity contribution in [3.63, 3.8) is 0 Å². The molecule has 1 N–H and O–H groups in total. The third kappa shape index (κ3) is 14.2. The molecule has 4 heteroatoms. The Morgan fingerprint density at radius 1 is 1.00 bits per heavy atom. The minimum absolute atomic E-state index is 0.303. The van der Waals surface area contributed by atoms with Crippen LogP contribution < -0.4 is 0 Å². The molecule has 0 radical (unpaired) electrons. The molecule has 0 bridgehead atoms. The van der Waals surface area contributed by atoms with Gasteiger partial charge in [-0.25, -0.2) is 0 Å². The summed E-state index contributed by atoms with van der Waals surface area (Å²) in [7, 11) is 0. The topological polar surface area (TPSA) is 46.5 Å². The van der Waals surface area contributed by atoms with E-state index in [4.69, 9.17) is 9.29 Å². The summed E-state index contributed by atoms with van der Waals surface area (Å²) in [5.74, 6) is -0.220. The summed E-state index contributed by atoms with van der Waals surface area (Å²) in [6.45, 7) is 4.23. The summed E-state index contributed by atoms with van der Waals surface area (Å²) in [5, 5.41) is 8.68. The number of carboxylic acids is 1. The Balaban J connectivity index is 3.04. The Hall–Kier alpha value is -0.220. The first-order chi connectivity index (χ1) is 9.68. The van der Waals surface area contributed by atoms with Crippen molar-refractivity contribution in [3.05, 3.63) is 0 Å². The lowest BCUT2D eigenvalue weighted by Crippen LogP contribution is -2.14. The maximum atomic E-state index is 10.6. The fourth-order valence-electron chi connectivity index (χ4n) is 1.93. The predicted octanol–water partition coefficient (Wildman–Crippen LogP) is 5.29. The van der Waals surface area contributed by atoms with Crippen molar-refractivity contribution in [1.29, 1.82) is 0 Å². The van der Waals surface area contributed by atoms with E-state index >= 15 is 0 Å². The average Bonchev–Trinajstić information content (AvgIpc) is 2.43. The van der Waals surface area contributed by atoms with Crippen LogP contribution in [0.25, 0.3) is 0 Å². The quantitative estimate of drug-likeness (QED) is 0.330. The van der Waals surface area contributed by atoms with Crippen molar-refractivity contribution in [2.45, 2.75) is 78.1 Å². The molecule has 0 amide bonds. The molecular formula is C16H32O3S. The molecule has 0 heterocycles. The minimum atomic E-state index is -0.787. The second-order valence-corrected chi connectivity index (χ2v) is 6.41. The van der Waals surface area contributed by atoms with Gasteiger partial charge in [0, 0.05) is 5.75 Å². The third-order valence-corrected chi connectivity index (χ3v) is 4.16. The van der Waals surface area contributed by atoms with E-state index in [1.165, 1.54) is 76.3 Å². The largest absolute Gasteiger partial charge is 0.481 e. The van der Waals surface area contributed by atoms with Crippen LogP contribution in [-0.2, 0) is 8.98 Å². The summed E-state index contributed by atoms with van der Waals surface area (Å²) >= 11 is 1.41. The molecule has 3 nitrogen and oxygen atoms in total. The predicted molar refractivity (Wildman–Crippen MR) is 87.1 cm³/mol. The fraction of sp³-hybridized carbons (Fsp3) is 0.938. The zero-order chi connectivity index (χ0) is 15.1. The molecule has 0 saturated heterocycles. The molecule has 120 valence electrons. The smallest absolute Gasteiger partial charge is 0.308 e. The maximum Gasteiger partial charge on any atom is 0.308 e. The van der Waals surface area contributed by atoms with Crippen LogP contribution >= 0.6 is 12.0 Å². The highest BCUT2D eigenvalue weighted by Gasteiger charge is 2.10. The van der Waals surface area contributed by atoms with Gasteiger partial charge >= 0.3 is 5.97 Å². The first-order valence-corrected chi connectivity index (χ1v) is 9.06. The van der Waals surface area contributed by atoms with Crippen LogP contribution in [0.15, 0.2) is 0 Å². The maximum absolute atomic E-state index is 10.6. The number of aliphatic carboxylic acids is 1. The van der Waals surface area contributed by atoms with Gasteiger partial charge in [0.25, 0.3) is 0 Å². The van der Waals surface area contributed by atoms with Crippen LogP contribution in [0.1, 0.15) is 78.1 Å². The second kappa shape index (κ2) is 15.2. The van der Waals surface area contributed by atoms with Gasteiger partial charge in [-0.3, -0.25) is 4.79 Å². The normalized spacial score (nSPS) is 12.5. The van der Waals surface area contributed by atoms with Gasteiger partial charge in [0.2, 0.25) is 0 Å². The Bertz CT molecular complexity index is 222. The Labute approximate surface area is 129 Å². The Kier molecular flexibility index (Phi) is 15.0. The molecule has 1 unspecified atom stereocenters.